The van der Waals surface area contributed by atoms with Crippen LogP contribution >= 0.6 is 11.6 Å². The molecule has 3 amide bonds. The average Bonchev–Trinajstić information content (AvgIpc) is 2.60. The highest BCUT2D eigenvalue weighted by molar-refractivity contribution is 6.30. The molecule has 6 nitrogen and oxygen atoms in total. The number of benzene rings is 2. The molecular weight excluding hydrogens is 385 g/mol. The number of hydrogen-bond donors (Lipinski definition) is 3. The number of carbonyl (C=O) groups excluding carboxylic acids is 3. The third-order valence-corrected chi connectivity index (χ3v) is 4.25. The van der Waals surface area contributed by atoms with E-state index in [9.17, 15) is 18.8 Å². The molecule has 0 aliphatic rings. The number of hydrogen-bond acceptors (Lipinski definition) is 3. The molecular formula is C20H21ClFN3O3. The van der Waals surface area contributed by atoms with Gasteiger partial charge in [-0.1, -0.05) is 35.9 Å². The van der Waals surface area contributed by atoms with Crippen LogP contribution in [0.4, 0.5) is 4.39 Å². The van der Waals surface area contributed by atoms with Gasteiger partial charge in [0.25, 0.3) is 0 Å². The monoisotopic (exact) mass is 405 g/mol. The summed E-state index contributed by atoms with van der Waals surface area (Å²) < 4.78 is 13.4. The van der Waals surface area contributed by atoms with E-state index in [0.29, 0.717) is 10.6 Å². The van der Waals surface area contributed by atoms with Crippen molar-refractivity contribution in [3.63, 3.8) is 0 Å². The molecule has 2 atom stereocenters. The smallest absolute Gasteiger partial charge is 0.243 e. The first-order chi connectivity index (χ1) is 13.2. The van der Waals surface area contributed by atoms with Gasteiger partial charge >= 0.3 is 0 Å². The maximum atomic E-state index is 13.4. The minimum Gasteiger partial charge on any atom is -0.368 e. The average molecular weight is 406 g/mol. The molecule has 0 unspecified atom stereocenters. The lowest BCUT2D eigenvalue weighted by Gasteiger charge is -2.22. The Morgan fingerprint density at radius 2 is 1.61 bits per heavy atom. The zero-order chi connectivity index (χ0) is 20.7. The Balaban J connectivity index is 2.14. The predicted molar refractivity (Wildman–Crippen MR) is 104 cm³/mol. The van der Waals surface area contributed by atoms with E-state index in [0.717, 1.165) is 5.56 Å². The second-order valence-electron chi connectivity index (χ2n) is 6.38. The summed E-state index contributed by atoms with van der Waals surface area (Å²) in [7, 11) is 0. The van der Waals surface area contributed by atoms with Crippen LogP contribution in [0.15, 0.2) is 48.5 Å². The Kier molecular flexibility index (Phi) is 7.52. The Labute approximate surface area is 167 Å². The number of halogens is 2. The fourth-order valence-corrected chi connectivity index (χ4v) is 2.96. The highest BCUT2D eigenvalue weighted by Crippen LogP contribution is 2.13. The van der Waals surface area contributed by atoms with Gasteiger partial charge in [0.2, 0.25) is 17.7 Å². The predicted octanol–water partition coefficient (Wildman–Crippen LogP) is 1.74. The van der Waals surface area contributed by atoms with Crippen molar-refractivity contribution >= 4 is 29.3 Å². The fourth-order valence-electron chi connectivity index (χ4n) is 2.75. The number of nitrogens with two attached hydrogens (primary N) is 1. The number of primary amides is 1. The van der Waals surface area contributed by atoms with Crippen LogP contribution in [0.3, 0.4) is 0 Å². The molecule has 2 aromatic carbocycles. The van der Waals surface area contributed by atoms with E-state index in [1.54, 1.807) is 30.3 Å². The fraction of sp³-hybridized carbons (Fsp3) is 0.250. The van der Waals surface area contributed by atoms with Gasteiger partial charge in [-0.25, -0.2) is 4.39 Å². The summed E-state index contributed by atoms with van der Waals surface area (Å²) in [5.41, 5.74) is 6.67. The molecule has 2 rings (SSSR count). The Morgan fingerprint density at radius 1 is 1.00 bits per heavy atom. The van der Waals surface area contributed by atoms with E-state index in [1.807, 2.05) is 0 Å². The Bertz CT molecular complexity index is 875. The van der Waals surface area contributed by atoms with E-state index in [-0.39, 0.29) is 12.8 Å². The Hall–Kier alpha value is -2.93. The number of rotatable bonds is 8. The van der Waals surface area contributed by atoms with Gasteiger partial charge in [-0.2, -0.15) is 0 Å². The second kappa shape index (κ2) is 9.85. The van der Waals surface area contributed by atoms with Crippen molar-refractivity contribution in [2.24, 2.45) is 5.73 Å². The maximum absolute atomic E-state index is 13.4. The van der Waals surface area contributed by atoms with Crippen molar-refractivity contribution in [2.75, 3.05) is 0 Å². The van der Waals surface area contributed by atoms with Crippen LogP contribution < -0.4 is 16.4 Å². The summed E-state index contributed by atoms with van der Waals surface area (Å²) in [6.07, 6.45) is 0.209. The lowest BCUT2D eigenvalue weighted by molar-refractivity contribution is -0.130. The van der Waals surface area contributed by atoms with Crippen molar-refractivity contribution in [2.45, 2.75) is 31.8 Å². The third-order valence-electron chi connectivity index (χ3n) is 4.01. The largest absolute Gasteiger partial charge is 0.368 e. The first-order valence-corrected chi connectivity index (χ1v) is 8.98. The van der Waals surface area contributed by atoms with Gasteiger partial charge in [-0.3, -0.25) is 14.4 Å². The molecule has 8 heteroatoms. The van der Waals surface area contributed by atoms with Crippen LogP contribution in [0.1, 0.15) is 18.1 Å². The first-order valence-electron chi connectivity index (χ1n) is 8.60. The summed E-state index contributed by atoms with van der Waals surface area (Å²) in [6, 6.07) is 10.6. The number of carbonyl (C=O) groups is 3. The molecule has 0 aromatic heterocycles. The lowest BCUT2D eigenvalue weighted by Crippen LogP contribution is -2.54. The summed E-state index contributed by atoms with van der Waals surface area (Å²) in [5.74, 6) is -2.19. The van der Waals surface area contributed by atoms with E-state index in [4.69, 9.17) is 17.3 Å². The molecule has 0 aliphatic carbocycles. The highest BCUT2D eigenvalue weighted by atomic mass is 35.5. The van der Waals surface area contributed by atoms with Gasteiger partial charge in [0.05, 0.1) is 0 Å². The second-order valence-corrected chi connectivity index (χ2v) is 6.82. The molecule has 148 valence electrons. The zero-order valence-corrected chi connectivity index (χ0v) is 16.0. The van der Waals surface area contributed by atoms with Crippen LogP contribution in [0.2, 0.25) is 5.02 Å². The van der Waals surface area contributed by atoms with Gasteiger partial charge in [-0.05, 0) is 35.4 Å². The summed E-state index contributed by atoms with van der Waals surface area (Å²) in [5, 5.41) is 5.57. The van der Waals surface area contributed by atoms with Crippen LogP contribution in [0, 0.1) is 5.82 Å². The van der Waals surface area contributed by atoms with Gasteiger partial charge in [-0.15, -0.1) is 0 Å². The van der Waals surface area contributed by atoms with Crippen molar-refractivity contribution in [3.8, 4) is 0 Å². The molecule has 0 saturated carbocycles. The van der Waals surface area contributed by atoms with Crippen LogP contribution in [0.25, 0.3) is 0 Å². The molecule has 0 radical (unpaired) electrons. The lowest BCUT2D eigenvalue weighted by atomic mass is 10.0. The van der Waals surface area contributed by atoms with Crippen LogP contribution in [0.5, 0.6) is 0 Å². The summed E-state index contributed by atoms with van der Waals surface area (Å²) >= 11 is 5.94. The minimum atomic E-state index is -0.991. The molecule has 0 heterocycles. The number of amides is 3. The SMILES string of the molecule is CC(=O)N[C@H](Cc1cccc(F)c1)C(=O)N[C@@H](Cc1cccc(Cl)c1)C(N)=O. The molecule has 4 N–H and O–H groups in total. The molecule has 0 saturated heterocycles. The molecule has 0 aliphatic heterocycles. The van der Waals surface area contributed by atoms with E-state index in [1.165, 1.54) is 25.1 Å². The summed E-state index contributed by atoms with van der Waals surface area (Å²) in [6.45, 7) is 1.27. The number of nitrogens with one attached hydrogen (secondary N) is 2. The van der Waals surface area contributed by atoms with Crippen molar-refractivity contribution in [1.29, 1.82) is 0 Å². The van der Waals surface area contributed by atoms with E-state index >= 15 is 0 Å². The topological polar surface area (TPSA) is 101 Å². The third kappa shape index (κ3) is 6.66. The molecule has 2 aromatic rings. The van der Waals surface area contributed by atoms with Gasteiger partial charge in [0, 0.05) is 24.8 Å². The van der Waals surface area contributed by atoms with Gasteiger partial charge in [0.15, 0.2) is 0 Å². The maximum Gasteiger partial charge on any atom is 0.243 e. The van der Waals surface area contributed by atoms with Crippen LogP contribution in [-0.2, 0) is 27.2 Å². The molecule has 0 fully saturated rings. The van der Waals surface area contributed by atoms with Crippen molar-refractivity contribution in [3.05, 3.63) is 70.5 Å². The van der Waals surface area contributed by atoms with Crippen molar-refractivity contribution < 1.29 is 18.8 Å². The normalized spacial score (nSPS) is 12.7. The van der Waals surface area contributed by atoms with E-state index < -0.39 is 35.6 Å². The van der Waals surface area contributed by atoms with Gasteiger partial charge < -0.3 is 16.4 Å². The Morgan fingerprint density at radius 3 is 2.18 bits per heavy atom. The van der Waals surface area contributed by atoms with E-state index in [2.05, 4.69) is 10.6 Å². The molecule has 0 spiro atoms. The first kappa shape index (κ1) is 21.4. The zero-order valence-electron chi connectivity index (χ0n) is 15.2. The highest BCUT2D eigenvalue weighted by Gasteiger charge is 2.25. The van der Waals surface area contributed by atoms with Crippen molar-refractivity contribution in [1.82, 2.24) is 10.6 Å². The molecule has 0 bridgehead atoms. The molecule has 28 heavy (non-hydrogen) atoms. The quantitative estimate of drug-likeness (QED) is 0.623. The summed E-state index contributed by atoms with van der Waals surface area (Å²) in [4.78, 5) is 36.0. The standard InChI is InChI=1S/C20H21ClFN3O3/c1-12(26)24-18(11-14-5-3-7-16(22)9-14)20(28)25-17(19(23)27)10-13-4-2-6-15(21)8-13/h2-9,17-18H,10-11H2,1H3,(H2,23,27)(H,24,26)(H,25,28)/t17-,18+/m0/s1. The van der Waals surface area contributed by atoms with Crippen LogP contribution in [-0.4, -0.2) is 29.8 Å². The minimum absolute atomic E-state index is 0.0613. The van der Waals surface area contributed by atoms with Gasteiger partial charge in [0.1, 0.15) is 17.9 Å².